The van der Waals surface area contributed by atoms with Gasteiger partial charge in [-0.2, -0.15) is 4.98 Å². The van der Waals surface area contributed by atoms with Crippen LogP contribution in [0, 0.1) is 20.2 Å². The molecule has 342 valence electrons. The second-order valence-corrected chi connectivity index (χ2v) is 13.5. The summed E-state index contributed by atoms with van der Waals surface area (Å²) in [5.74, 6) is -4.54. The molecule has 28 heteroatoms. The Bertz CT molecular complexity index is 2050. The van der Waals surface area contributed by atoms with Crippen LogP contribution in [0.25, 0.3) is 0 Å². The van der Waals surface area contributed by atoms with Gasteiger partial charge in [-0.15, -0.1) is 20.2 Å². The largest absolute Gasteiger partial charge is 0.495 e. The molecule has 3 heterocycles. The van der Waals surface area contributed by atoms with Crippen LogP contribution in [0.2, 0.25) is 5.02 Å². The molecule has 27 nitrogen and oxygen atoms in total. The van der Waals surface area contributed by atoms with Gasteiger partial charge >= 0.3 is 23.9 Å². The van der Waals surface area contributed by atoms with Crippen LogP contribution < -0.4 is 20.3 Å². The first-order valence-electron chi connectivity index (χ1n) is 18.4. The Morgan fingerprint density at radius 3 is 2.32 bits per heavy atom. The average Bonchev–Trinajstić information content (AvgIpc) is 3.70. The molecule has 1 fully saturated rings. The van der Waals surface area contributed by atoms with Crippen LogP contribution in [0.15, 0.2) is 42.9 Å². The third-order valence-electron chi connectivity index (χ3n) is 8.43. The molecule has 1 aliphatic rings. The fraction of sp³-hybridized carbons (Fsp3) is 0.457. The monoisotopic (exact) mass is 911 g/mol. The maximum absolute atomic E-state index is 13.2. The maximum atomic E-state index is 13.2. The lowest BCUT2D eigenvalue weighted by molar-refractivity contribution is -0.790. The molecule has 4 rings (SSSR count). The minimum absolute atomic E-state index is 0.0123. The standard InChI is InChI=1S/C29H34ClN9O11.C6H8O7/c1-46-24-6-5-19(12-23(24)30)13-33-27-22(28(41)34-15-25-31-8-3-9-32-25)14-35-29(36-27)37-10-2-4-20(37)16-48-26(40)7-11-47-17-21(50-39(44)45)18-49-38(42)43;7-3(8)1-6(13,5(11)12)2-4(9)10/h3,5-6,8-9,12,14,20-21H,2,4,7,10-11,13,15-18H2,1H3,(H,34,41)(H,33,35,36);13H,1-2H2,(H,7,8)(H,9,10)(H,11,12)/t20-,21-;/m0./s1. The molecule has 0 bridgehead atoms. The minimum Gasteiger partial charge on any atom is -0.495 e. The number of aliphatic carboxylic acids is 3. The second kappa shape index (κ2) is 24.9. The fourth-order valence-corrected chi connectivity index (χ4v) is 5.77. The molecule has 63 heavy (non-hydrogen) atoms. The predicted molar refractivity (Wildman–Crippen MR) is 209 cm³/mol. The van der Waals surface area contributed by atoms with Gasteiger partial charge in [-0.1, -0.05) is 17.7 Å². The van der Waals surface area contributed by atoms with Crippen LogP contribution in [0.3, 0.4) is 0 Å². The summed E-state index contributed by atoms with van der Waals surface area (Å²) in [6.45, 7) is -0.389. The number of carbonyl (C=O) groups excluding carboxylic acids is 2. The predicted octanol–water partition coefficient (Wildman–Crippen LogP) is 0.926. The molecule has 0 spiro atoms. The number of anilines is 2. The number of nitrogens with one attached hydrogen (secondary N) is 2. The molecule has 1 aliphatic heterocycles. The van der Waals surface area contributed by atoms with Crippen LogP contribution in [0.4, 0.5) is 11.8 Å². The smallest absolute Gasteiger partial charge is 0.336 e. The molecule has 1 amide bonds. The van der Waals surface area contributed by atoms with Gasteiger partial charge < -0.3 is 59.8 Å². The van der Waals surface area contributed by atoms with Crippen molar-refractivity contribution >= 4 is 53.2 Å². The highest BCUT2D eigenvalue weighted by atomic mass is 35.5. The molecule has 0 unspecified atom stereocenters. The van der Waals surface area contributed by atoms with E-state index in [2.05, 4.69) is 40.2 Å². The summed E-state index contributed by atoms with van der Waals surface area (Å²) in [4.78, 5) is 105. The molecule has 1 aromatic carbocycles. The van der Waals surface area contributed by atoms with Crippen LogP contribution in [0.1, 0.15) is 53.8 Å². The number of amides is 1. The Balaban J connectivity index is 0.000000701. The van der Waals surface area contributed by atoms with Gasteiger partial charge in [0.05, 0.1) is 57.2 Å². The van der Waals surface area contributed by atoms with E-state index in [1.165, 1.54) is 13.3 Å². The lowest BCUT2D eigenvalue weighted by Crippen LogP contribution is -2.42. The zero-order valence-corrected chi connectivity index (χ0v) is 34.0. The van der Waals surface area contributed by atoms with Gasteiger partial charge in [-0.05, 0) is 36.6 Å². The zero-order chi connectivity index (χ0) is 46.5. The highest BCUT2D eigenvalue weighted by Gasteiger charge is 2.41. The van der Waals surface area contributed by atoms with Gasteiger partial charge in [0.25, 0.3) is 16.1 Å². The Kier molecular flexibility index (Phi) is 19.8. The first-order chi connectivity index (χ1) is 29.9. The summed E-state index contributed by atoms with van der Waals surface area (Å²) in [7, 11) is 1.52. The normalized spacial score (nSPS) is 13.6. The molecule has 2 atom stereocenters. The number of hydrogen-bond donors (Lipinski definition) is 6. The van der Waals surface area contributed by atoms with Gasteiger partial charge in [0, 0.05) is 31.7 Å². The van der Waals surface area contributed by atoms with Crippen molar-refractivity contribution in [1.82, 2.24) is 25.3 Å². The number of rotatable bonds is 25. The SMILES string of the molecule is COc1ccc(CNc2nc(N3CCC[C@H]3COC(=O)CCOC[C@@H](CO[N+](=O)[O-])O[N+](=O)[O-])ncc2C(=O)NCc2ncccn2)cc1Cl.O=C(O)CC(O)(CC(=O)O)C(=O)O. The maximum Gasteiger partial charge on any atom is 0.336 e. The van der Waals surface area contributed by atoms with E-state index in [0.29, 0.717) is 35.5 Å². The number of benzene rings is 1. The van der Waals surface area contributed by atoms with Crippen molar-refractivity contribution in [3.05, 3.63) is 85.1 Å². The van der Waals surface area contributed by atoms with E-state index in [4.69, 9.17) is 46.2 Å². The van der Waals surface area contributed by atoms with E-state index in [0.717, 1.165) is 12.0 Å². The lowest BCUT2D eigenvalue weighted by atomic mass is 9.96. The Morgan fingerprint density at radius 2 is 1.71 bits per heavy atom. The van der Waals surface area contributed by atoms with Crippen molar-refractivity contribution < 1.29 is 78.5 Å². The first kappa shape index (κ1) is 50.1. The van der Waals surface area contributed by atoms with Gasteiger partial charge in [-0.25, -0.2) is 19.7 Å². The second-order valence-electron chi connectivity index (χ2n) is 13.0. The molecule has 1 saturated heterocycles. The zero-order valence-electron chi connectivity index (χ0n) is 33.2. The lowest BCUT2D eigenvalue weighted by Gasteiger charge is -2.25. The number of aromatic nitrogens is 4. The van der Waals surface area contributed by atoms with Gasteiger partial charge in [-0.3, -0.25) is 19.2 Å². The number of ether oxygens (including phenoxy) is 3. The Hall–Kier alpha value is -7.26. The van der Waals surface area contributed by atoms with Crippen LogP contribution >= 0.6 is 11.6 Å². The number of carbonyl (C=O) groups is 5. The van der Waals surface area contributed by atoms with Crippen molar-refractivity contribution in [3.63, 3.8) is 0 Å². The van der Waals surface area contributed by atoms with E-state index >= 15 is 0 Å². The van der Waals surface area contributed by atoms with Crippen LogP contribution in [0.5, 0.6) is 5.75 Å². The van der Waals surface area contributed by atoms with Gasteiger partial charge in [0.2, 0.25) is 5.95 Å². The number of esters is 1. The van der Waals surface area contributed by atoms with Crippen molar-refractivity contribution in [2.45, 2.75) is 62.9 Å². The topological polar surface area (TPSA) is 378 Å². The van der Waals surface area contributed by atoms with Crippen LogP contribution in [-0.4, -0.2) is 138 Å². The van der Waals surface area contributed by atoms with E-state index in [-0.39, 0.29) is 50.1 Å². The number of carboxylic acid groups (broad SMARTS) is 3. The molecular formula is C35H42ClN9O18. The van der Waals surface area contributed by atoms with E-state index in [9.17, 15) is 44.2 Å². The third-order valence-corrected chi connectivity index (χ3v) is 8.73. The Labute approximate surface area is 360 Å². The summed E-state index contributed by atoms with van der Waals surface area (Å²) < 4.78 is 15.9. The van der Waals surface area contributed by atoms with Crippen molar-refractivity contribution in [3.8, 4) is 5.75 Å². The number of methoxy groups -OCH3 is 1. The highest BCUT2D eigenvalue weighted by molar-refractivity contribution is 6.32. The highest BCUT2D eigenvalue weighted by Crippen LogP contribution is 2.28. The number of halogens is 1. The molecule has 0 radical (unpaired) electrons. The summed E-state index contributed by atoms with van der Waals surface area (Å²) in [6, 6.07) is 6.70. The van der Waals surface area contributed by atoms with Crippen molar-refractivity contribution in [2.75, 3.05) is 50.3 Å². The number of aliphatic hydroxyl groups is 1. The van der Waals surface area contributed by atoms with Gasteiger partial charge in [0.15, 0.2) is 11.7 Å². The van der Waals surface area contributed by atoms with E-state index in [1.54, 1.807) is 30.6 Å². The summed E-state index contributed by atoms with van der Waals surface area (Å²) in [5.41, 5.74) is -1.75. The average molecular weight is 912 g/mol. The third kappa shape index (κ3) is 17.3. The molecular weight excluding hydrogens is 870 g/mol. The molecule has 3 aromatic rings. The summed E-state index contributed by atoms with van der Waals surface area (Å²) in [6.07, 6.45) is 2.17. The number of hydrogen-bond acceptors (Lipinski definition) is 21. The minimum atomic E-state index is -2.74. The number of carboxylic acids is 3. The van der Waals surface area contributed by atoms with E-state index in [1.807, 2.05) is 11.0 Å². The number of nitrogens with zero attached hydrogens (tertiary/aromatic N) is 7. The molecule has 0 saturated carbocycles. The molecule has 6 N–H and O–H groups in total. The van der Waals surface area contributed by atoms with Crippen molar-refractivity contribution in [1.29, 1.82) is 0 Å². The first-order valence-corrected chi connectivity index (χ1v) is 18.7. The van der Waals surface area contributed by atoms with Crippen molar-refractivity contribution in [2.24, 2.45) is 0 Å². The quantitative estimate of drug-likeness (QED) is 0.0298. The molecule has 2 aromatic heterocycles. The van der Waals surface area contributed by atoms with E-state index < -0.39 is 77.7 Å². The Morgan fingerprint density at radius 1 is 1.02 bits per heavy atom. The van der Waals surface area contributed by atoms with Crippen LogP contribution in [-0.2, 0) is 51.4 Å². The molecule has 0 aliphatic carbocycles. The van der Waals surface area contributed by atoms with Gasteiger partial charge in [0.1, 0.15) is 36.2 Å². The fourth-order valence-electron chi connectivity index (χ4n) is 5.49. The summed E-state index contributed by atoms with van der Waals surface area (Å²) >= 11 is 6.30. The summed E-state index contributed by atoms with van der Waals surface area (Å²) in [5, 5.41) is 58.9.